The lowest BCUT2D eigenvalue weighted by Gasteiger charge is -1.89. The Hall–Kier alpha value is -0.700. The molecule has 2 nitrogen and oxygen atoms in total. The Labute approximate surface area is 52.9 Å². The van der Waals surface area contributed by atoms with Crippen LogP contribution in [0.5, 0.6) is 5.75 Å². The second kappa shape index (κ2) is 2.05. The lowest BCUT2D eigenvalue weighted by molar-refractivity contribution is 0.372. The maximum Gasteiger partial charge on any atom is 0.232 e. The van der Waals surface area contributed by atoms with Crippen LogP contribution in [0.15, 0.2) is 21.8 Å². The molecule has 0 aliphatic heterocycles. The monoisotopic (exact) mass is 129 g/mol. The molecule has 0 amide bonds. The molecule has 1 rings (SSSR count). The fraction of sp³-hybridized carbons (Fsp3) is 0.200. The molecule has 1 radical (unpaired) electrons. The number of ether oxygens (including phenoxy) is 1. The van der Waals surface area contributed by atoms with Gasteiger partial charge < -0.3 is 9.15 Å². The van der Waals surface area contributed by atoms with Crippen molar-refractivity contribution in [2.24, 2.45) is 0 Å². The van der Waals surface area contributed by atoms with Gasteiger partial charge >= 0.3 is 0 Å². The first-order valence-corrected chi connectivity index (χ1v) is 2.54. The van der Waals surface area contributed by atoms with E-state index in [1.807, 2.05) is 0 Å². The first-order valence-electron chi connectivity index (χ1n) is 2.13. The van der Waals surface area contributed by atoms with Crippen molar-refractivity contribution >= 4 is 12.6 Å². The first kappa shape index (κ1) is 5.44. The second-order valence-corrected chi connectivity index (χ2v) is 1.65. The van der Waals surface area contributed by atoms with Gasteiger partial charge in [-0.15, -0.1) is 0 Å². The molecule has 0 aliphatic carbocycles. The fourth-order valence-corrected chi connectivity index (χ4v) is 0.642. The van der Waals surface area contributed by atoms with Crippen molar-refractivity contribution < 1.29 is 9.15 Å². The zero-order chi connectivity index (χ0) is 5.98. The zero-order valence-corrected chi connectivity index (χ0v) is 5.20. The molecule has 0 aliphatic rings. The largest absolute Gasteiger partial charge is 0.492 e. The third-order valence-electron chi connectivity index (χ3n) is 0.816. The summed E-state index contributed by atoms with van der Waals surface area (Å²) in [5, 5.41) is 0.410. The Morgan fingerprint density at radius 2 is 2.50 bits per heavy atom. The maximum absolute atomic E-state index is 4.79. The van der Waals surface area contributed by atoms with Crippen molar-refractivity contribution in [3.8, 4) is 5.75 Å². The van der Waals surface area contributed by atoms with Crippen molar-refractivity contribution in [1.29, 1.82) is 0 Å². The molecule has 0 fully saturated rings. The molecule has 1 aromatic rings. The van der Waals surface area contributed by atoms with E-state index in [2.05, 4.69) is 0 Å². The van der Waals surface area contributed by atoms with E-state index >= 15 is 0 Å². The molecule has 0 unspecified atom stereocenters. The van der Waals surface area contributed by atoms with E-state index in [1.165, 1.54) is 6.26 Å². The van der Waals surface area contributed by atoms with Gasteiger partial charge in [-0.05, 0) is 12.6 Å². The van der Waals surface area contributed by atoms with Gasteiger partial charge in [0.05, 0.1) is 13.4 Å². The highest BCUT2D eigenvalue weighted by Crippen LogP contribution is 2.21. The van der Waals surface area contributed by atoms with Gasteiger partial charge in [-0.25, -0.2) is 0 Å². The van der Waals surface area contributed by atoms with Crippen LogP contribution in [0.3, 0.4) is 0 Å². The van der Waals surface area contributed by atoms with Crippen LogP contribution in [0.1, 0.15) is 0 Å². The minimum atomic E-state index is 0.410. The lowest BCUT2D eigenvalue weighted by atomic mass is 10.6. The number of rotatable bonds is 1. The van der Waals surface area contributed by atoms with Gasteiger partial charge in [0.1, 0.15) is 0 Å². The average molecular weight is 129 g/mol. The molecule has 8 heavy (non-hydrogen) atoms. The summed E-state index contributed by atoms with van der Waals surface area (Å²) in [6, 6.07) is 1.68. The summed E-state index contributed by atoms with van der Waals surface area (Å²) in [5.41, 5.74) is 0. The summed E-state index contributed by atoms with van der Waals surface area (Å²) in [7, 11) is 1.56. The van der Waals surface area contributed by atoms with Gasteiger partial charge in [-0.1, -0.05) is 0 Å². The van der Waals surface area contributed by atoms with Crippen molar-refractivity contribution in [2.75, 3.05) is 7.11 Å². The number of furan rings is 1. The zero-order valence-electron chi connectivity index (χ0n) is 4.38. The minimum absolute atomic E-state index is 0.410. The van der Waals surface area contributed by atoms with Crippen LogP contribution in [0.25, 0.3) is 0 Å². The predicted octanol–water partition coefficient (Wildman–Crippen LogP) is 1.84. The van der Waals surface area contributed by atoms with Gasteiger partial charge in [-0.2, -0.15) is 0 Å². The molecule has 3 heteroatoms. The Balaban J connectivity index is 2.92. The third-order valence-corrected chi connectivity index (χ3v) is 1.11. The highest BCUT2D eigenvalue weighted by molar-refractivity contribution is 7.80. The average Bonchev–Trinajstić information content (AvgIpc) is 2.14. The highest BCUT2D eigenvalue weighted by Gasteiger charge is 1.98. The standard InChI is InChI=1S/C5H5O2S/c1-6-4-2-3-7-5(4)8/h2-3H,1H3. The third kappa shape index (κ3) is 0.767. The van der Waals surface area contributed by atoms with Gasteiger partial charge in [-0.3, -0.25) is 0 Å². The highest BCUT2D eigenvalue weighted by atomic mass is 32.1. The van der Waals surface area contributed by atoms with Gasteiger partial charge in [0.25, 0.3) is 0 Å². The minimum Gasteiger partial charge on any atom is -0.492 e. The molecule has 0 N–H and O–H groups in total. The van der Waals surface area contributed by atoms with Crippen molar-refractivity contribution in [3.05, 3.63) is 12.3 Å². The topological polar surface area (TPSA) is 22.4 Å². The van der Waals surface area contributed by atoms with Gasteiger partial charge in [0, 0.05) is 6.07 Å². The predicted molar refractivity (Wildman–Crippen MR) is 31.1 cm³/mol. The number of hydrogen-bond acceptors (Lipinski definition) is 2. The molecule has 0 aromatic carbocycles. The van der Waals surface area contributed by atoms with E-state index in [1.54, 1.807) is 13.2 Å². The summed E-state index contributed by atoms with van der Waals surface area (Å²) in [6.45, 7) is 0. The van der Waals surface area contributed by atoms with Crippen LogP contribution in [-0.4, -0.2) is 7.11 Å². The molecular formula is C5H5O2S. The van der Waals surface area contributed by atoms with Crippen LogP contribution < -0.4 is 4.74 Å². The molecule has 0 saturated heterocycles. The lowest BCUT2D eigenvalue weighted by Crippen LogP contribution is -1.77. The summed E-state index contributed by atoms with van der Waals surface area (Å²) >= 11 is 4.69. The molecule has 1 heterocycles. The molecule has 1 aromatic heterocycles. The first-order chi connectivity index (χ1) is 3.84. The van der Waals surface area contributed by atoms with E-state index in [-0.39, 0.29) is 0 Å². The molecule has 43 valence electrons. The molecule has 0 saturated carbocycles. The summed E-state index contributed by atoms with van der Waals surface area (Å²) in [4.78, 5) is 0. The Kier molecular flexibility index (Phi) is 1.39. The van der Waals surface area contributed by atoms with Crippen LogP contribution in [0.4, 0.5) is 0 Å². The number of hydrogen-bond donors (Lipinski definition) is 0. The second-order valence-electron chi connectivity index (χ2n) is 1.28. The quantitative estimate of drug-likeness (QED) is 0.577. The van der Waals surface area contributed by atoms with Crippen LogP contribution in [0, 0.1) is 0 Å². The van der Waals surface area contributed by atoms with Gasteiger partial charge in [0.2, 0.25) is 5.09 Å². The van der Waals surface area contributed by atoms with E-state index in [9.17, 15) is 0 Å². The van der Waals surface area contributed by atoms with E-state index in [0.717, 1.165) is 0 Å². The number of methoxy groups -OCH3 is 1. The Bertz CT molecular complexity index is 171. The Morgan fingerprint density at radius 1 is 1.75 bits per heavy atom. The van der Waals surface area contributed by atoms with Gasteiger partial charge in [0.15, 0.2) is 5.75 Å². The molecular weight excluding hydrogens is 124 g/mol. The fourth-order valence-electron chi connectivity index (χ4n) is 0.435. The SMILES string of the molecule is COc1ccoc1[S]. The van der Waals surface area contributed by atoms with Crippen molar-refractivity contribution in [2.45, 2.75) is 5.09 Å². The molecule has 0 bridgehead atoms. The summed E-state index contributed by atoms with van der Waals surface area (Å²) in [5.74, 6) is 0.625. The van der Waals surface area contributed by atoms with Crippen LogP contribution in [-0.2, 0) is 0 Å². The molecule has 0 spiro atoms. The van der Waals surface area contributed by atoms with Crippen LogP contribution >= 0.6 is 12.6 Å². The van der Waals surface area contributed by atoms with E-state index in [4.69, 9.17) is 21.8 Å². The smallest absolute Gasteiger partial charge is 0.232 e. The maximum atomic E-state index is 4.79. The van der Waals surface area contributed by atoms with E-state index < -0.39 is 0 Å². The summed E-state index contributed by atoms with van der Waals surface area (Å²) < 4.78 is 9.53. The normalized spacial score (nSPS) is 9.12. The van der Waals surface area contributed by atoms with Crippen molar-refractivity contribution in [3.63, 3.8) is 0 Å². The van der Waals surface area contributed by atoms with E-state index in [0.29, 0.717) is 10.8 Å². The van der Waals surface area contributed by atoms with Crippen molar-refractivity contribution in [1.82, 2.24) is 0 Å². The summed E-state index contributed by atoms with van der Waals surface area (Å²) in [6.07, 6.45) is 1.50. The van der Waals surface area contributed by atoms with Crippen LogP contribution in [0.2, 0.25) is 0 Å². The Morgan fingerprint density at radius 3 is 2.75 bits per heavy atom. The molecule has 0 atom stereocenters.